The second kappa shape index (κ2) is 32.6. The minimum absolute atomic E-state index is 0.154. The van der Waals surface area contributed by atoms with Crippen LogP contribution < -0.4 is 21.3 Å². The van der Waals surface area contributed by atoms with Gasteiger partial charge in [0.15, 0.2) is 0 Å². The lowest BCUT2D eigenvalue weighted by atomic mass is 9.75. The Bertz CT molecular complexity index is 1780. The highest BCUT2D eigenvalue weighted by Crippen LogP contribution is 2.37. The maximum atomic E-state index is 13.7. The second-order valence-electron chi connectivity index (χ2n) is 26.4. The van der Waals surface area contributed by atoms with E-state index in [1.807, 2.05) is 0 Å². The standard InChI is InChI=1S/C62H115ClF3N11/c1-11-48(2)59-46-73(7)36-35-71(5)37-38-75(9)56(39-51-19-13-12-14-20-51)45-72(6)34-31-67-54(26-24-52-25-27-57(58(63)40-52)62(64,65)66)44-77-32-17-23-55(77)42-70-61(29-18-30-61)47-76(10)60(53-21-15-16-22-53)43-68-49(3)28-33-74(8)50(4)41-69-59/h25,27,40,48-51,53-56,59-60,67-70H,11-24,26,28-39,41-47H2,1-10H3/t48-,49+,50-,54-,55-,56-,59+,60+/m0/s1. The molecular formula is C62H115ClF3N11. The van der Waals surface area contributed by atoms with Crippen LogP contribution in [-0.4, -0.2) is 223 Å². The van der Waals surface area contributed by atoms with Crippen LogP contribution >= 0.6 is 11.6 Å². The highest BCUT2D eigenvalue weighted by atomic mass is 35.5. The van der Waals surface area contributed by atoms with Gasteiger partial charge in [0.1, 0.15) is 0 Å². The zero-order valence-corrected chi connectivity index (χ0v) is 51.4. The zero-order chi connectivity index (χ0) is 55.5. The largest absolute Gasteiger partial charge is 0.417 e. The predicted octanol–water partition coefficient (Wildman–Crippen LogP) is 9.49. The van der Waals surface area contributed by atoms with Crippen LogP contribution in [0.5, 0.6) is 0 Å². The molecule has 77 heavy (non-hydrogen) atoms. The number of hydrogen-bond donors (Lipinski definition) is 4. The number of nitrogens with one attached hydrogen (secondary N) is 4. The van der Waals surface area contributed by atoms with Gasteiger partial charge >= 0.3 is 6.18 Å². The van der Waals surface area contributed by atoms with Crippen molar-refractivity contribution in [1.29, 1.82) is 0 Å². The van der Waals surface area contributed by atoms with Crippen molar-refractivity contribution in [3.63, 3.8) is 0 Å². The topological polar surface area (TPSA) is 70.8 Å². The van der Waals surface area contributed by atoms with Crippen LogP contribution in [0.25, 0.3) is 0 Å². The third-order valence-corrected chi connectivity index (χ3v) is 20.4. The predicted molar refractivity (Wildman–Crippen MR) is 320 cm³/mol. The molecule has 11 nitrogen and oxygen atoms in total. The van der Waals surface area contributed by atoms with E-state index in [2.05, 4.69) is 126 Å². The Hall–Kier alpha value is -1.14. The van der Waals surface area contributed by atoms with Gasteiger partial charge in [0.2, 0.25) is 0 Å². The van der Waals surface area contributed by atoms with Crippen LogP contribution in [-0.2, 0) is 12.6 Å². The van der Waals surface area contributed by atoms with Gasteiger partial charge in [0.25, 0.3) is 0 Å². The van der Waals surface area contributed by atoms with E-state index in [9.17, 15) is 13.2 Å². The van der Waals surface area contributed by atoms with Gasteiger partial charge in [0.05, 0.1) is 10.6 Å². The Morgan fingerprint density at radius 1 is 0.688 bits per heavy atom. The van der Waals surface area contributed by atoms with Crippen molar-refractivity contribution < 1.29 is 13.2 Å². The van der Waals surface area contributed by atoms with Gasteiger partial charge in [-0.15, -0.1) is 0 Å². The molecule has 8 atom stereocenters. The third-order valence-electron chi connectivity index (χ3n) is 20.1. The molecule has 1 aromatic carbocycles. The lowest BCUT2D eigenvalue weighted by Crippen LogP contribution is -2.62. The molecule has 5 aliphatic rings. The smallest absolute Gasteiger partial charge is 0.313 e. The second-order valence-corrected chi connectivity index (χ2v) is 26.8. The van der Waals surface area contributed by atoms with E-state index in [1.54, 1.807) is 12.1 Å². The van der Waals surface area contributed by atoms with Gasteiger partial charge in [-0.2, -0.15) is 13.2 Å². The van der Waals surface area contributed by atoms with E-state index in [0.717, 1.165) is 128 Å². The van der Waals surface area contributed by atoms with E-state index >= 15 is 0 Å². The molecule has 1 spiro atoms. The highest BCUT2D eigenvalue weighted by Gasteiger charge is 2.41. The van der Waals surface area contributed by atoms with Crippen molar-refractivity contribution >= 4 is 11.6 Å². The lowest BCUT2D eigenvalue weighted by Gasteiger charge is -2.48. The van der Waals surface area contributed by atoms with Crippen LogP contribution in [0.4, 0.5) is 13.2 Å². The maximum absolute atomic E-state index is 13.7. The molecule has 3 aliphatic carbocycles. The Kier molecular flexibility index (Phi) is 27.6. The molecule has 0 amide bonds. The first kappa shape index (κ1) is 65.0. The van der Waals surface area contributed by atoms with E-state index in [4.69, 9.17) is 11.6 Å². The number of aryl methyl sites for hydroxylation is 1. The number of rotatable bonds is 8. The van der Waals surface area contributed by atoms with Crippen molar-refractivity contribution in [1.82, 2.24) is 55.6 Å². The Balaban J connectivity index is 1.17. The van der Waals surface area contributed by atoms with E-state index < -0.39 is 11.7 Å². The molecule has 0 aromatic heterocycles. The van der Waals surface area contributed by atoms with Crippen LogP contribution in [0.15, 0.2) is 18.2 Å². The summed E-state index contributed by atoms with van der Waals surface area (Å²) in [4.78, 5) is 18.4. The van der Waals surface area contributed by atoms with Crippen LogP contribution in [0, 0.1) is 17.8 Å². The molecule has 4 N–H and O–H groups in total. The minimum atomic E-state index is -4.46. The fourth-order valence-electron chi connectivity index (χ4n) is 13.9. The van der Waals surface area contributed by atoms with Crippen molar-refractivity contribution in [3.05, 3.63) is 34.3 Å². The molecule has 6 rings (SSSR count). The number of likely N-dealkylation sites (N-methyl/N-ethyl adjacent to an activating group) is 6. The maximum Gasteiger partial charge on any atom is 0.417 e. The minimum Gasteiger partial charge on any atom is -0.313 e. The fourth-order valence-corrected chi connectivity index (χ4v) is 14.2. The van der Waals surface area contributed by atoms with E-state index in [1.165, 1.54) is 109 Å². The summed E-state index contributed by atoms with van der Waals surface area (Å²) >= 11 is 6.27. The van der Waals surface area contributed by atoms with Gasteiger partial charge in [-0.1, -0.05) is 82.9 Å². The molecule has 0 radical (unpaired) electrons. The molecule has 2 saturated heterocycles. The first-order valence-corrected chi connectivity index (χ1v) is 31.9. The summed E-state index contributed by atoms with van der Waals surface area (Å²) in [6, 6.07) is 7.43. The van der Waals surface area contributed by atoms with Gasteiger partial charge in [-0.05, 0) is 175 Å². The fraction of sp³-hybridized carbons (Fsp3) is 0.903. The Labute approximate surface area is 474 Å². The SMILES string of the molecule is CC[C@H](C)[C@H]1CN(C)CCN(C)CCN(C)[C@@H](CC2CCCCC2)CN(C)CCN[C@@H](CCc2ccc(C(F)(F)F)c(Cl)c2)CN2CCC[C@H]2CNC2(CCC2)CN(C)[C@@H](C2CCCC2)CN[C@H](C)CCN(C)[C@@H](C)CN1. The molecule has 2 aliphatic heterocycles. The molecule has 1 aromatic rings. The number of nitrogens with zero attached hydrogens (tertiary/aromatic N) is 7. The van der Waals surface area contributed by atoms with Crippen molar-refractivity contribution in [2.24, 2.45) is 17.8 Å². The van der Waals surface area contributed by atoms with Crippen LogP contribution in [0.1, 0.15) is 154 Å². The number of alkyl halides is 3. The van der Waals surface area contributed by atoms with Crippen molar-refractivity contribution in [3.8, 4) is 0 Å². The Morgan fingerprint density at radius 2 is 1.39 bits per heavy atom. The summed E-state index contributed by atoms with van der Waals surface area (Å²) in [5, 5.41) is 16.2. The summed E-state index contributed by atoms with van der Waals surface area (Å²) in [6.07, 6.45) is 19.0. The average molecular weight is 1110 g/mol. The number of fused-ring (bicyclic) bond motifs is 1. The Morgan fingerprint density at radius 3 is 2.08 bits per heavy atom. The van der Waals surface area contributed by atoms with Crippen LogP contribution in [0.2, 0.25) is 5.02 Å². The molecule has 5 fully saturated rings. The quantitative estimate of drug-likeness (QED) is 0.202. The summed E-state index contributed by atoms with van der Waals surface area (Å²) in [5.74, 6) is 2.16. The first-order chi connectivity index (χ1) is 36.8. The zero-order valence-electron chi connectivity index (χ0n) is 50.7. The van der Waals surface area contributed by atoms with Gasteiger partial charge in [-0.25, -0.2) is 0 Å². The number of hydrogen-bond acceptors (Lipinski definition) is 11. The normalized spacial score (nSPS) is 31.5. The van der Waals surface area contributed by atoms with Gasteiger partial charge in [-0.3, -0.25) is 4.90 Å². The van der Waals surface area contributed by atoms with E-state index in [0.29, 0.717) is 48.6 Å². The van der Waals surface area contributed by atoms with Crippen molar-refractivity contribution in [2.75, 3.05) is 140 Å². The summed E-state index contributed by atoms with van der Waals surface area (Å²) in [7, 11) is 14.1. The van der Waals surface area contributed by atoms with E-state index in [-0.39, 0.29) is 16.6 Å². The third kappa shape index (κ3) is 21.5. The molecule has 15 heteroatoms. The molecule has 2 heterocycles. The molecule has 3 saturated carbocycles. The number of halogens is 4. The van der Waals surface area contributed by atoms with Gasteiger partial charge in [0, 0.05) is 133 Å². The van der Waals surface area contributed by atoms with Crippen molar-refractivity contribution in [2.45, 2.75) is 204 Å². The summed E-state index contributed by atoms with van der Waals surface area (Å²) < 4.78 is 41.1. The molecule has 446 valence electrons. The molecule has 0 bridgehead atoms. The number of benzene rings is 1. The average Bonchev–Trinajstić information content (AvgIpc) is 4.10. The lowest BCUT2D eigenvalue weighted by molar-refractivity contribution is -0.137. The van der Waals surface area contributed by atoms with Gasteiger partial charge < -0.3 is 50.7 Å². The summed E-state index contributed by atoms with van der Waals surface area (Å²) in [5.41, 5.74) is 0.264. The summed E-state index contributed by atoms with van der Waals surface area (Å²) in [6.45, 7) is 25.0. The monoisotopic (exact) mass is 1110 g/mol. The molecular weight excluding hydrogens is 991 g/mol. The highest BCUT2D eigenvalue weighted by molar-refractivity contribution is 6.31. The molecule has 0 unspecified atom stereocenters. The van der Waals surface area contributed by atoms with Crippen LogP contribution in [0.3, 0.4) is 0 Å². The first-order valence-electron chi connectivity index (χ1n) is 31.5.